The predicted octanol–water partition coefficient (Wildman–Crippen LogP) is 3.51. The number of carbonyl (C=O) groups is 1. The number of hydrogen-bond donors (Lipinski definition) is 2. The summed E-state index contributed by atoms with van der Waals surface area (Å²) in [5.41, 5.74) is 3.32. The summed E-state index contributed by atoms with van der Waals surface area (Å²) >= 11 is 0. The van der Waals surface area contributed by atoms with Crippen LogP contribution in [0.5, 0.6) is 0 Å². The molecule has 0 spiro atoms. The lowest BCUT2D eigenvalue weighted by Crippen LogP contribution is -2.31. The topological polar surface area (TPSA) is 66.9 Å². The van der Waals surface area contributed by atoms with Gasteiger partial charge >= 0.3 is 0 Å². The number of benzene rings is 1. The minimum absolute atomic E-state index is 0.0605. The zero-order valence-corrected chi connectivity index (χ0v) is 15.5. The van der Waals surface area contributed by atoms with Gasteiger partial charge in [0, 0.05) is 37.1 Å². The Bertz CT molecular complexity index is 811. The second kappa shape index (κ2) is 7.06. The summed E-state index contributed by atoms with van der Waals surface area (Å²) in [6.45, 7) is 2.08. The van der Waals surface area contributed by atoms with Crippen LogP contribution in [0.4, 0.5) is 5.82 Å². The SMILES string of the molecule is CNc1cc(C[C@@H](NC(=O)C2CC2)c2cccc(C)c2)nc(C2CC2)n1. The molecule has 0 unspecified atom stereocenters. The predicted molar refractivity (Wildman–Crippen MR) is 102 cm³/mol. The van der Waals surface area contributed by atoms with Gasteiger partial charge in [-0.15, -0.1) is 0 Å². The Kier molecular flexibility index (Phi) is 4.62. The molecule has 0 saturated heterocycles. The van der Waals surface area contributed by atoms with Crippen molar-refractivity contribution in [2.75, 3.05) is 12.4 Å². The van der Waals surface area contributed by atoms with Crippen LogP contribution in [0.2, 0.25) is 0 Å². The van der Waals surface area contributed by atoms with Gasteiger partial charge in [0.25, 0.3) is 0 Å². The van der Waals surface area contributed by atoms with Gasteiger partial charge in [-0.3, -0.25) is 4.79 Å². The first-order valence-electron chi connectivity index (χ1n) is 9.55. The molecule has 1 amide bonds. The summed E-state index contributed by atoms with van der Waals surface area (Å²) < 4.78 is 0. The largest absolute Gasteiger partial charge is 0.373 e. The number of amides is 1. The van der Waals surface area contributed by atoms with Crippen molar-refractivity contribution in [1.29, 1.82) is 0 Å². The third-order valence-electron chi connectivity index (χ3n) is 5.12. The maximum Gasteiger partial charge on any atom is 0.223 e. The zero-order chi connectivity index (χ0) is 18.1. The normalized spacial score (nSPS) is 17.6. The number of rotatable bonds is 7. The van der Waals surface area contributed by atoms with Gasteiger partial charge in [-0.05, 0) is 38.2 Å². The van der Waals surface area contributed by atoms with Crippen LogP contribution in [0.25, 0.3) is 0 Å². The van der Waals surface area contributed by atoms with Crippen LogP contribution in [-0.2, 0) is 11.2 Å². The molecule has 2 saturated carbocycles. The van der Waals surface area contributed by atoms with E-state index in [0.717, 1.165) is 35.7 Å². The van der Waals surface area contributed by atoms with E-state index in [1.165, 1.54) is 18.4 Å². The van der Waals surface area contributed by atoms with Crippen molar-refractivity contribution in [2.45, 2.75) is 51.0 Å². The van der Waals surface area contributed by atoms with Gasteiger partial charge in [0.05, 0.1) is 6.04 Å². The average molecular weight is 350 g/mol. The first-order chi connectivity index (χ1) is 12.6. The molecule has 2 N–H and O–H groups in total. The van der Waals surface area contributed by atoms with Crippen LogP contribution in [0.15, 0.2) is 30.3 Å². The number of nitrogens with one attached hydrogen (secondary N) is 2. The molecule has 0 bridgehead atoms. The maximum absolute atomic E-state index is 12.4. The molecule has 5 nitrogen and oxygen atoms in total. The van der Waals surface area contributed by atoms with E-state index in [1.807, 2.05) is 13.1 Å². The molecule has 1 atom stereocenters. The summed E-state index contributed by atoms with van der Waals surface area (Å²) in [4.78, 5) is 21.8. The van der Waals surface area contributed by atoms with Gasteiger partial charge in [-0.2, -0.15) is 0 Å². The van der Waals surface area contributed by atoms with Crippen molar-refractivity contribution in [1.82, 2.24) is 15.3 Å². The van der Waals surface area contributed by atoms with Crippen molar-refractivity contribution >= 4 is 11.7 Å². The van der Waals surface area contributed by atoms with Crippen molar-refractivity contribution in [3.63, 3.8) is 0 Å². The van der Waals surface area contributed by atoms with Crippen LogP contribution in [0, 0.1) is 12.8 Å². The van der Waals surface area contributed by atoms with Crippen LogP contribution in [0.3, 0.4) is 0 Å². The number of nitrogens with zero attached hydrogens (tertiary/aromatic N) is 2. The van der Waals surface area contributed by atoms with Crippen LogP contribution in [0.1, 0.15) is 60.3 Å². The summed E-state index contributed by atoms with van der Waals surface area (Å²) in [6, 6.07) is 10.3. The molecular formula is C21H26N4O. The lowest BCUT2D eigenvalue weighted by molar-refractivity contribution is -0.123. The van der Waals surface area contributed by atoms with Crippen molar-refractivity contribution < 1.29 is 4.79 Å². The molecule has 2 aromatic rings. The molecule has 1 heterocycles. The lowest BCUT2D eigenvalue weighted by atomic mass is 9.99. The van der Waals surface area contributed by atoms with Gasteiger partial charge in [0.15, 0.2) is 0 Å². The number of carbonyl (C=O) groups excluding carboxylic acids is 1. The van der Waals surface area contributed by atoms with E-state index in [4.69, 9.17) is 4.98 Å². The molecule has 136 valence electrons. The Morgan fingerprint density at radius 3 is 2.65 bits per heavy atom. The average Bonchev–Trinajstić information content (AvgIpc) is 3.52. The summed E-state index contributed by atoms with van der Waals surface area (Å²) in [5, 5.41) is 6.40. The highest BCUT2D eigenvalue weighted by Gasteiger charge is 2.32. The van der Waals surface area contributed by atoms with E-state index >= 15 is 0 Å². The van der Waals surface area contributed by atoms with E-state index in [9.17, 15) is 4.79 Å². The zero-order valence-electron chi connectivity index (χ0n) is 15.5. The quantitative estimate of drug-likeness (QED) is 0.802. The highest BCUT2D eigenvalue weighted by molar-refractivity contribution is 5.81. The standard InChI is InChI=1S/C21H26N4O/c1-13-4-3-5-16(10-13)18(24-21(26)15-8-9-15)11-17-12-19(22-2)25-20(23-17)14-6-7-14/h3-5,10,12,14-15,18H,6-9,11H2,1-2H3,(H,24,26)(H,22,23,25)/t18-/m1/s1. The number of aryl methyl sites for hydroxylation is 1. The minimum Gasteiger partial charge on any atom is -0.373 e. The molecule has 26 heavy (non-hydrogen) atoms. The molecule has 0 radical (unpaired) electrons. The lowest BCUT2D eigenvalue weighted by Gasteiger charge is -2.20. The van der Waals surface area contributed by atoms with Gasteiger partial charge in [-0.1, -0.05) is 29.8 Å². The Morgan fingerprint density at radius 1 is 1.19 bits per heavy atom. The second-order valence-corrected chi connectivity index (χ2v) is 7.58. The fraction of sp³-hybridized carbons (Fsp3) is 0.476. The molecule has 2 aliphatic carbocycles. The smallest absolute Gasteiger partial charge is 0.223 e. The molecule has 1 aromatic carbocycles. The highest BCUT2D eigenvalue weighted by atomic mass is 16.2. The first-order valence-corrected chi connectivity index (χ1v) is 9.55. The fourth-order valence-electron chi connectivity index (χ4n) is 3.26. The maximum atomic E-state index is 12.4. The number of hydrogen-bond acceptors (Lipinski definition) is 4. The van der Waals surface area contributed by atoms with Gasteiger partial charge in [0.2, 0.25) is 5.91 Å². The third-order valence-corrected chi connectivity index (χ3v) is 5.12. The Hall–Kier alpha value is -2.43. The van der Waals surface area contributed by atoms with E-state index in [2.05, 4.69) is 46.8 Å². The molecule has 0 aliphatic heterocycles. The summed E-state index contributed by atoms with van der Waals surface area (Å²) in [5.74, 6) is 2.65. The molecular weight excluding hydrogens is 324 g/mol. The Balaban J connectivity index is 1.61. The van der Waals surface area contributed by atoms with Crippen LogP contribution >= 0.6 is 0 Å². The van der Waals surface area contributed by atoms with Crippen LogP contribution in [-0.4, -0.2) is 22.9 Å². The second-order valence-electron chi connectivity index (χ2n) is 7.58. The van der Waals surface area contributed by atoms with E-state index in [-0.39, 0.29) is 17.9 Å². The number of anilines is 1. The van der Waals surface area contributed by atoms with E-state index in [0.29, 0.717) is 12.3 Å². The molecule has 1 aromatic heterocycles. The monoisotopic (exact) mass is 350 g/mol. The summed E-state index contributed by atoms with van der Waals surface area (Å²) in [6.07, 6.45) is 5.04. The molecule has 4 rings (SSSR count). The molecule has 2 fully saturated rings. The number of aromatic nitrogens is 2. The van der Waals surface area contributed by atoms with E-state index < -0.39 is 0 Å². The van der Waals surface area contributed by atoms with Crippen molar-refractivity contribution in [3.05, 3.63) is 53.0 Å². The highest BCUT2D eigenvalue weighted by Crippen LogP contribution is 2.38. The molecule has 5 heteroatoms. The fourth-order valence-corrected chi connectivity index (χ4v) is 3.26. The Labute approximate surface area is 154 Å². The van der Waals surface area contributed by atoms with Gasteiger partial charge < -0.3 is 10.6 Å². The van der Waals surface area contributed by atoms with E-state index in [1.54, 1.807) is 0 Å². The minimum atomic E-state index is -0.0605. The van der Waals surface area contributed by atoms with Gasteiger partial charge in [-0.25, -0.2) is 9.97 Å². The van der Waals surface area contributed by atoms with Crippen LogP contribution < -0.4 is 10.6 Å². The van der Waals surface area contributed by atoms with Crippen molar-refractivity contribution in [3.8, 4) is 0 Å². The van der Waals surface area contributed by atoms with Crippen molar-refractivity contribution in [2.24, 2.45) is 5.92 Å². The Morgan fingerprint density at radius 2 is 2.00 bits per heavy atom. The van der Waals surface area contributed by atoms with Gasteiger partial charge in [0.1, 0.15) is 11.6 Å². The third kappa shape index (κ3) is 4.03. The first kappa shape index (κ1) is 17.0. The summed E-state index contributed by atoms with van der Waals surface area (Å²) in [7, 11) is 1.88. The molecule has 2 aliphatic rings.